The molecule has 0 saturated carbocycles. The van der Waals surface area contributed by atoms with Crippen LogP contribution in [0.1, 0.15) is 33.1 Å². The molecule has 1 saturated heterocycles. The molecule has 1 aliphatic rings. The number of carboxylic acid groups (broad SMARTS) is 1. The van der Waals surface area contributed by atoms with E-state index in [1.807, 2.05) is 0 Å². The fraction of sp³-hybridized carbons (Fsp3) is 0.909. The Morgan fingerprint density at radius 2 is 2.14 bits per heavy atom. The fourth-order valence-corrected chi connectivity index (χ4v) is 2.11. The van der Waals surface area contributed by atoms with Gasteiger partial charge in [-0.3, -0.25) is 4.79 Å². The van der Waals surface area contributed by atoms with Crippen LogP contribution in [0.5, 0.6) is 0 Å². The number of carboxylic acids is 1. The van der Waals surface area contributed by atoms with E-state index >= 15 is 0 Å². The van der Waals surface area contributed by atoms with E-state index in [1.54, 1.807) is 0 Å². The summed E-state index contributed by atoms with van der Waals surface area (Å²) < 4.78 is 0. The maximum atomic E-state index is 10.7. The Kier molecular flexibility index (Phi) is 4.39. The summed E-state index contributed by atoms with van der Waals surface area (Å²) in [4.78, 5) is 13.0. The third-order valence-corrected chi connectivity index (χ3v) is 3.29. The highest BCUT2D eigenvalue weighted by atomic mass is 16.4. The van der Waals surface area contributed by atoms with Gasteiger partial charge in [-0.2, -0.15) is 0 Å². The van der Waals surface area contributed by atoms with Crippen molar-refractivity contribution in [1.29, 1.82) is 0 Å². The molecule has 3 nitrogen and oxygen atoms in total. The van der Waals surface area contributed by atoms with Crippen LogP contribution in [-0.4, -0.2) is 35.6 Å². The van der Waals surface area contributed by atoms with E-state index in [1.165, 1.54) is 12.8 Å². The van der Waals surface area contributed by atoms with E-state index in [0.29, 0.717) is 0 Å². The van der Waals surface area contributed by atoms with E-state index < -0.39 is 5.97 Å². The smallest absolute Gasteiger partial charge is 0.307 e. The number of hydrogen-bond donors (Lipinski definition) is 1. The van der Waals surface area contributed by atoms with Crippen LogP contribution in [0.25, 0.3) is 0 Å². The first kappa shape index (κ1) is 11.5. The van der Waals surface area contributed by atoms with Gasteiger partial charge < -0.3 is 10.0 Å². The first-order valence-corrected chi connectivity index (χ1v) is 5.62. The predicted octanol–water partition coefficient (Wildman–Crippen LogP) is 1.83. The molecular weight excluding hydrogens is 178 g/mol. The molecule has 14 heavy (non-hydrogen) atoms. The highest BCUT2D eigenvalue weighted by Crippen LogP contribution is 2.19. The van der Waals surface area contributed by atoms with E-state index in [4.69, 9.17) is 5.11 Å². The van der Waals surface area contributed by atoms with Crippen LogP contribution in [0.3, 0.4) is 0 Å². The number of likely N-dealkylation sites (tertiary alicyclic amines) is 1. The average molecular weight is 199 g/mol. The van der Waals surface area contributed by atoms with Crippen molar-refractivity contribution in [1.82, 2.24) is 4.90 Å². The van der Waals surface area contributed by atoms with Gasteiger partial charge in [0.2, 0.25) is 0 Å². The van der Waals surface area contributed by atoms with Crippen LogP contribution in [0, 0.1) is 11.8 Å². The molecule has 0 aliphatic carbocycles. The van der Waals surface area contributed by atoms with Crippen LogP contribution >= 0.6 is 0 Å². The Morgan fingerprint density at radius 1 is 1.50 bits per heavy atom. The summed E-state index contributed by atoms with van der Waals surface area (Å²) in [6, 6.07) is 0. The quantitative estimate of drug-likeness (QED) is 0.734. The van der Waals surface area contributed by atoms with Gasteiger partial charge in [-0.1, -0.05) is 26.7 Å². The molecule has 0 aromatic heterocycles. The van der Waals surface area contributed by atoms with Gasteiger partial charge in [0.1, 0.15) is 0 Å². The minimum atomic E-state index is -0.628. The number of carbonyl (C=O) groups is 1. The van der Waals surface area contributed by atoms with Crippen LogP contribution < -0.4 is 0 Å². The van der Waals surface area contributed by atoms with Gasteiger partial charge in [0.05, 0.1) is 5.92 Å². The van der Waals surface area contributed by atoms with Gasteiger partial charge in [0, 0.05) is 13.1 Å². The van der Waals surface area contributed by atoms with Crippen molar-refractivity contribution in [2.75, 3.05) is 19.6 Å². The zero-order chi connectivity index (χ0) is 10.6. The first-order valence-electron chi connectivity index (χ1n) is 5.62. The molecule has 1 unspecified atom stereocenters. The Morgan fingerprint density at radius 3 is 2.57 bits per heavy atom. The SMILES string of the molecule is CCC(CC)CN1CCC(C(=O)O)C1. The molecule has 0 radical (unpaired) electrons. The van der Waals surface area contributed by atoms with Crippen LogP contribution in [0.4, 0.5) is 0 Å². The highest BCUT2D eigenvalue weighted by Gasteiger charge is 2.28. The van der Waals surface area contributed by atoms with Crippen LogP contribution in [0.2, 0.25) is 0 Å². The van der Waals surface area contributed by atoms with Crippen molar-refractivity contribution in [2.45, 2.75) is 33.1 Å². The van der Waals surface area contributed by atoms with Gasteiger partial charge in [0.25, 0.3) is 0 Å². The summed E-state index contributed by atoms with van der Waals surface area (Å²) in [5.41, 5.74) is 0. The molecule has 0 aromatic rings. The number of hydrogen-bond acceptors (Lipinski definition) is 2. The second-order valence-electron chi connectivity index (χ2n) is 4.27. The summed E-state index contributed by atoms with van der Waals surface area (Å²) in [7, 11) is 0. The molecule has 0 bridgehead atoms. The highest BCUT2D eigenvalue weighted by molar-refractivity contribution is 5.70. The van der Waals surface area contributed by atoms with Crippen molar-refractivity contribution in [3.05, 3.63) is 0 Å². The maximum absolute atomic E-state index is 10.7. The maximum Gasteiger partial charge on any atom is 0.307 e. The van der Waals surface area contributed by atoms with E-state index in [2.05, 4.69) is 18.7 Å². The number of aliphatic carboxylic acids is 1. The molecule has 0 amide bonds. The van der Waals surface area contributed by atoms with Gasteiger partial charge >= 0.3 is 5.97 Å². The molecule has 1 atom stereocenters. The fourth-order valence-electron chi connectivity index (χ4n) is 2.11. The van der Waals surface area contributed by atoms with Gasteiger partial charge in [-0.05, 0) is 18.9 Å². The summed E-state index contributed by atoms with van der Waals surface area (Å²) in [6.07, 6.45) is 3.23. The molecule has 1 aliphatic heterocycles. The molecule has 0 aromatic carbocycles. The first-order chi connectivity index (χ1) is 6.67. The minimum Gasteiger partial charge on any atom is -0.481 e. The third-order valence-electron chi connectivity index (χ3n) is 3.29. The zero-order valence-electron chi connectivity index (χ0n) is 9.20. The van der Waals surface area contributed by atoms with Gasteiger partial charge in [-0.25, -0.2) is 0 Å². The minimum absolute atomic E-state index is 0.121. The largest absolute Gasteiger partial charge is 0.481 e. The standard InChI is InChI=1S/C11H21NO2/c1-3-9(4-2)7-12-6-5-10(8-12)11(13)14/h9-10H,3-8H2,1-2H3,(H,13,14). The van der Waals surface area contributed by atoms with Crippen LogP contribution in [-0.2, 0) is 4.79 Å². The third kappa shape index (κ3) is 2.98. The van der Waals surface area contributed by atoms with Gasteiger partial charge in [0.15, 0.2) is 0 Å². The lowest BCUT2D eigenvalue weighted by Gasteiger charge is -2.21. The van der Waals surface area contributed by atoms with E-state index in [-0.39, 0.29) is 5.92 Å². The normalized spacial score (nSPS) is 23.2. The number of rotatable bonds is 5. The summed E-state index contributed by atoms with van der Waals surface area (Å²) in [6.45, 7) is 7.22. The van der Waals surface area contributed by atoms with Gasteiger partial charge in [-0.15, -0.1) is 0 Å². The summed E-state index contributed by atoms with van der Waals surface area (Å²) in [5.74, 6) is -0.0102. The molecule has 1 fully saturated rings. The molecule has 82 valence electrons. The lowest BCUT2D eigenvalue weighted by atomic mass is 10.0. The monoisotopic (exact) mass is 199 g/mol. The summed E-state index contributed by atoms with van der Waals surface area (Å²) in [5, 5.41) is 8.85. The van der Waals surface area contributed by atoms with Crippen molar-refractivity contribution in [2.24, 2.45) is 11.8 Å². The molecular formula is C11H21NO2. The van der Waals surface area contributed by atoms with E-state index in [0.717, 1.165) is 32.0 Å². The lowest BCUT2D eigenvalue weighted by molar-refractivity contribution is -0.141. The van der Waals surface area contributed by atoms with E-state index in [9.17, 15) is 4.79 Å². The van der Waals surface area contributed by atoms with Crippen molar-refractivity contribution in [3.8, 4) is 0 Å². The topological polar surface area (TPSA) is 40.5 Å². The summed E-state index contributed by atoms with van der Waals surface area (Å²) >= 11 is 0. The molecule has 1 heterocycles. The zero-order valence-corrected chi connectivity index (χ0v) is 9.20. The number of nitrogens with zero attached hydrogens (tertiary/aromatic N) is 1. The second kappa shape index (κ2) is 5.35. The van der Waals surface area contributed by atoms with Crippen LogP contribution in [0.15, 0.2) is 0 Å². The van der Waals surface area contributed by atoms with Crippen molar-refractivity contribution < 1.29 is 9.90 Å². The Hall–Kier alpha value is -0.570. The van der Waals surface area contributed by atoms with Crippen molar-refractivity contribution >= 4 is 5.97 Å². The molecule has 1 rings (SSSR count). The Labute approximate surface area is 86.1 Å². The van der Waals surface area contributed by atoms with Crippen molar-refractivity contribution in [3.63, 3.8) is 0 Å². The molecule has 3 heteroatoms. The Bertz CT molecular complexity index is 190. The lowest BCUT2D eigenvalue weighted by Crippen LogP contribution is -2.28. The predicted molar refractivity (Wildman–Crippen MR) is 56.3 cm³/mol. The Balaban J connectivity index is 2.31. The molecule has 0 spiro atoms. The molecule has 1 N–H and O–H groups in total. The second-order valence-corrected chi connectivity index (χ2v) is 4.27. The average Bonchev–Trinajstić information content (AvgIpc) is 2.62.